The number of ether oxygens (including phenoxy) is 4. The Morgan fingerprint density at radius 2 is 1.31 bits per heavy atom. The SMILES string of the molecule is C1=C2CCCCCCCNN(CCOCCOC1)CCOCCOCC2. The number of rotatable bonds is 0. The van der Waals surface area contributed by atoms with Crippen LogP contribution in [0.15, 0.2) is 11.6 Å². The zero-order valence-corrected chi connectivity index (χ0v) is 16.4. The smallest absolute Gasteiger partial charge is 0.0704 e. The van der Waals surface area contributed by atoms with E-state index in [-0.39, 0.29) is 0 Å². The molecule has 0 amide bonds. The van der Waals surface area contributed by atoms with Gasteiger partial charge in [0.15, 0.2) is 0 Å². The van der Waals surface area contributed by atoms with Crippen molar-refractivity contribution in [1.29, 1.82) is 0 Å². The van der Waals surface area contributed by atoms with Crippen LogP contribution in [0.25, 0.3) is 0 Å². The van der Waals surface area contributed by atoms with Crippen LogP contribution in [-0.2, 0) is 18.9 Å². The number of hydrogen-bond donors (Lipinski definition) is 1. The van der Waals surface area contributed by atoms with E-state index in [1.807, 2.05) is 0 Å². The van der Waals surface area contributed by atoms with Gasteiger partial charge in [-0.1, -0.05) is 30.9 Å². The van der Waals surface area contributed by atoms with Gasteiger partial charge < -0.3 is 18.9 Å². The van der Waals surface area contributed by atoms with E-state index in [1.54, 1.807) is 0 Å². The van der Waals surface area contributed by atoms with Crippen molar-refractivity contribution < 1.29 is 18.9 Å². The molecule has 0 spiro atoms. The van der Waals surface area contributed by atoms with Gasteiger partial charge in [-0.05, 0) is 25.7 Å². The van der Waals surface area contributed by atoms with Gasteiger partial charge in [0.25, 0.3) is 0 Å². The van der Waals surface area contributed by atoms with Gasteiger partial charge in [-0.15, -0.1) is 0 Å². The van der Waals surface area contributed by atoms with Crippen molar-refractivity contribution in [2.45, 2.75) is 44.9 Å². The molecule has 0 aromatic rings. The van der Waals surface area contributed by atoms with Gasteiger partial charge in [0.2, 0.25) is 0 Å². The van der Waals surface area contributed by atoms with Crippen molar-refractivity contribution in [1.82, 2.24) is 10.4 Å². The second-order valence-corrected chi connectivity index (χ2v) is 6.94. The van der Waals surface area contributed by atoms with E-state index in [4.69, 9.17) is 18.9 Å². The lowest BCUT2D eigenvalue weighted by atomic mass is 10.0. The maximum Gasteiger partial charge on any atom is 0.0704 e. The zero-order valence-electron chi connectivity index (χ0n) is 16.4. The lowest BCUT2D eigenvalue weighted by Gasteiger charge is -2.23. The van der Waals surface area contributed by atoms with Crippen LogP contribution < -0.4 is 5.43 Å². The van der Waals surface area contributed by atoms with Gasteiger partial charge in [-0.3, -0.25) is 5.43 Å². The molecule has 2 bridgehead atoms. The van der Waals surface area contributed by atoms with Crippen molar-refractivity contribution in [3.63, 3.8) is 0 Å². The molecule has 3 rings (SSSR count). The molecule has 1 saturated heterocycles. The summed E-state index contributed by atoms with van der Waals surface area (Å²) in [4.78, 5) is 0. The summed E-state index contributed by atoms with van der Waals surface area (Å²) >= 11 is 0. The van der Waals surface area contributed by atoms with Gasteiger partial charge in [-0.2, -0.15) is 0 Å². The fraction of sp³-hybridized carbons (Fsp3) is 0.900. The molecule has 3 aliphatic heterocycles. The van der Waals surface area contributed by atoms with E-state index in [9.17, 15) is 0 Å². The Balaban J connectivity index is 1.91. The molecule has 0 aromatic heterocycles. The van der Waals surface area contributed by atoms with Crippen molar-refractivity contribution in [3.05, 3.63) is 11.6 Å². The highest BCUT2D eigenvalue weighted by Crippen LogP contribution is 2.14. The predicted octanol–water partition coefficient (Wildman–Crippen LogP) is 2.54. The Kier molecular flexibility index (Phi) is 13.0. The Hall–Kier alpha value is -0.500. The molecule has 0 aliphatic carbocycles. The van der Waals surface area contributed by atoms with Gasteiger partial charge >= 0.3 is 0 Å². The van der Waals surface area contributed by atoms with Crippen LogP contribution in [0.1, 0.15) is 44.9 Å². The summed E-state index contributed by atoms with van der Waals surface area (Å²) in [6, 6.07) is 0. The predicted molar refractivity (Wildman–Crippen MR) is 103 cm³/mol. The largest absolute Gasteiger partial charge is 0.379 e. The third kappa shape index (κ3) is 11.3. The first-order valence-electron chi connectivity index (χ1n) is 10.4. The molecule has 1 atom stereocenters. The monoisotopic (exact) mass is 370 g/mol. The summed E-state index contributed by atoms with van der Waals surface area (Å²) in [5.74, 6) is 0. The number of nitrogens with one attached hydrogen (secondary N) is 1. The zero-order chi connectivity index (χ0) is 18.1. The average molecular weight is 371 g/mol. The topological polar surface area (TPSA) is 52.2 Å². The highest BCUT2D eigenvalue weighted by atomic mass is 16.5. The molecule has 1 N–H and O–H groups in total. The molecule has 6 nitrogen and oxygen atoms in total. The van der Waals surface area contributed by atoms with Crippen LogP contribution in [0.4, 0.5) is 0 Å². The van der Waals surface area contributed by atoms with Crippen LogP contribution in [0.5, 0.6) is 0 Å². The first kappa shape index (κ1) is 21.8. The Morgan fingerprint density at radius 1 is 0.654 bits per heavy atom. The fourth-order valence-electron chi connectivity index (χ4n) is 3.20. The lowest BCUT2D eigenvalue weighted by molar-refractivity contribution is 0.0149. The molecule has 0 aromatic carbocycles. The van der Waals surface area contributed by atoms with E-state index in [1.165, 1.54) is 37.7 Å². The standard InChI is InChI=1S/C20H38N2O4/c1-2-4-6-20-7-12-23-16-18-25-14-10-22(21-9-5-3-1)11-15-26-19-17-24-13-8-20/h7,21H,1-6,8-19H2. The summed E-state index contributed by atoms with van der Waals surface area (Å²) in [5, 5.41) is 2.23. The molecular weight excluding hydrogens is 332 g/mol. The van der Waals surface area contributed by atoms with Crippen LogP contribution in [-0.4, -0.2) is 77.5 Å². The highest BCUT2D eigenvalue weighted by molar-refractivity contribution is 5.02. The van der Waals surface area contributed by atoms with Crippen molar-refractivity contribution in [3.8, 4) is 0 Å². The molecule has 1 unspecified atom stereocenters. The summed E-state index contributed by atoms with van der Waals surface area (Å²) in [6.45, 7) is 8.25. The van der Waals surface area contributed by atoms with E-state index < -0.39 is 0 Å². The molecule has 0 saturated carbocycles. The van der Waals surface area contributed by atoms with Crippen LogP contribution in [0.2, 0.25) is 0 Å². The maximum atomic E-state index is 5.75. The molecule has 3 aliphatic rings. The van der Waals surface area contributed by atoms with E-state index in [0.29, 0.717) is 46.2 Å². The third-order valence-corrected chi connectivity index (χ3v) is 4.82. The number of hydrogen-bond acceptors (Lipinski definition) is 6. The number of nitrogens with zero attached hydrogens (tertiary/aromatic N) is 1. The Bertz CT molecular complexity index is 344. The van der Waals surface area contributed by atoms with Gasteiger partial charge in [0, 0.05) is 19.6 Å². The fourth-order valence-corrected chi connectivity index (χ4v) is 3.20. The van der Waals surface area contributed by atoms with E-state index in [2.05, 4.69) is 16.5 Å². The van der Waals surface area contributed by atoms with Crippen LogP contribution in [0, 0.1) is 0 Å². The molecule has 26 heavy (non-hydrogen) atoms. The molecule has 3 heterocycles. The van der Waals surface area contributed by atoms with E-state index >= 15 is 0 Å². The lowest BCUT2D eigenvalue weighted by Crippen LogP contribution is -2.43. The van der Waals surface area contributed by atoms with Crippen molar-refractivity contribution >= 4 is 0 Å². The first-order valence-corrected chi connectivity index (χ1v) is 10.4. The maximum absolute atomic E-state index is 5.75. The Morgan fingerprint density at radius 3 is 2.12 bits per heavy atom. The molecular formula is C20H38N2O4. The van der Waals surface area contributed by atoms with E-state index in [0.717, 1.165) is 39.1 Å². The summed E-state index contributed by atoms with van der Waals surface area (Å²) in [5.41, 5.74) is 5.00. The van der Waals surface area contributed by atoms with Gasteiger partial charge in [-0.25, -0.2) is 5.01 Å². The van der Waals surface area contributed by atoms with Gasteiger partial charge in [0.05, 0.1) is 52.9 Å². The number of fused-ring (bicyclic) bond motifs is 21. The molecule has 152 valence electrons. The normalized spacial score (nSPS) is 27.4. The quantitative estimate of drug-likeness (QED) is 0.662. The minimum Gasteiger partial charge on any atom is -0.379 e. The number of hydrazine groups is 1. The summed E-state index contributed by atoms with van der Waals surface area (Å²) in [6.07, 6.45) is 10.8. The average Bonchev–Trinajstić information content (AvgIpc) is 2.65. The van der Waals surface area contributed by atoms with Crippen LogP contribution in [0.3, 0.4) is 0 Å². The highest BCUT2D eigenvalue weighted by Gasteiger charge is 2.06. The molecule has 0 radical (unpaired) electrons. The van der Waals surface area contributed by atoms with Crippen LogP contribution >= 0.6 is 0 Å². The second-order valence-electron chi connectivity index (χ2n) is 6.94. The summed E-state index contributed by atoms with van der Waals surface area (Å²) in [7, 11) is 0. The second kappa shape index (κ2) is 15.5. The first-order chi connectivity index (χ1) is 12.9. The van der Waals surface area contributed by atoms with Crippen molar-refractivity contribution in [2.24, 2.45) is 0 Å². The summed E-state index contributed by atoms with van der Waals surface area (Å²) < 4.78 is 22.9. The molecule has 1 fully saturated rings. The third-order valence-electron chi connectivity index (χ3n) is 4.82. The molecule has 6 heteroatoms. The Labute approximate surface area is 159 Å². The minimum atomic E-state index is 0.649. The minimum absolute atomic E-state index is 0.649. The van der Waals surface area contributed by atoms with Gasteiger partial charge in [0.1, 0.15) is 0 Å². The van der Waals surface area contributed by atoms with Crippen molar-refractivity contribution in [2.75, 3.05) is 72.5 Å².